The number of nitrogens with one attached hydrogen (secondary N) is 1. The van der Waals surface area contributed by atoms with Crippen molar-refractivity contribution in [1.29, 1.82) is 0 Å². The summed E-state index contributed by atoms with van der Waals surface area (Å²) in [4.78, 5) is 18.0. The van der Waals surface area contributed by atoms with Gasteiger partial charge in [-0.25, -0.2) is 0 Å². The van der Waals surface area contributed by atoms with Crippen molar-refractivity contribution in [2.45, 2.75) is 6.42 Å². The van der Waals surface area contributed by atoms with Gasteiger partial charge in [-0.3, -0.25) is 0 Å². The topological polar surface area (TPSA) is 75.7 Å². The molecule has 3 aromatic rings. The van der Waals surface area contributed by atoms with Crippen molar-refractivity contribution >= 4 is 39.3 Å². The molecule has 1 aliphatic rings. The molecule has 2 aromatic heterocycles. The lowest BCUT2D eigenvalue weighted by Gasteiger charge is -2.13. The fraction of sp³-hybridized carbons (Fsp3) is 0.214. The highest BCUT2D eigenvalue weighted by molar-refractivity contribution is 7.15. The van der Waals surface area contributed by atoms with Crippen LogP contribution in [-0.2, 0) is 6.42 Å². The van der Waals surface area contributed by atoms with E-state index in [2.05, 4.69) is 21.3 Å². The van der Waals surface area contributed by atoms with E-state index in [0.717, 1.165) is 24.3 Å². The highest BCUT2D eigenvalue weighted by atomic mass is 32.1. The van der Waals surface area contributed by atoms with E-state index in [-0.39, 0.29) is 11.6 Å². The third kappa shape index (κ3) is 1.92. The number of hydrogen-bond donors (Lipinski definition) is 1. The van der Waals surface area contributed by atoms with Crippen LogP contribution in [-0.4, -0.2) is 27.9 Å². The van der Waals surface area contributed by atoms with E-state index in [1.165, 1.54) is 21.3 Å². The van der Waals surface area contributed by atoms with Gasteiger partial charge in [0.1, 0.15) is 6.20 Å². The van der Waals surface area contributed by atoms with Crippen LogP contribution in [0.15, 0.2) is 29.8 Å². The molecule has 0 atom stereocenters. The molecule has 0 amide bonds. The minimum atomic E-state index is -0.408. The fourth-order valence-electron chi connectivity index (χ4n) is 2.79. The molecule has 0 unspecified atom stereocenters. The van der Waals surface area contributed by atoms with E-state index in [9.17, 15) is 10.1 Å². The first-order valence-electron chi connectivity index (χ1n) is 6.84. The Morgan fingerprint density at radius 2 is 2.32 bits per heavy atom. The molecule has 3 heterocycles. The Morgan fingerprint density at radius 1 is 1.45 bits per heavy atom. The molecule has 22 heavy (non-hydrogen) atoms. The molecule has 8 heteroatoms. The Balaban J connectivity index is 1.75. The number of rotatable bonds is 3. The number of fused-ring (bicyclic) bond motifs is 2. The van der Waals surface area contributed by atoms with Crippen molar-refractivity contribution in [3.05, 3.63) is 45.5 Å². The first-order chi connectivity index (χ1) is 10.6. The molecule has 0 radical (unpaired) electrons. The van der Waals surface area contributed by atoms with Crippen LogP contribution in [0.25, 0.3) is 4.96 Å². The Morgan fingerprint density at radius 3 is 3.14 bits per heavy atom. The SMILES string of the molecule is CN1CCc2ccc(Nc3nc4sccn4c3[N+](=O)[O-])cc21. The van der Waals surface area contributed by atoms with Crippen LogP contribution in [0.1, 0.15) is 5.56 Å². The van der Waals surface area contributed by atoms with E-state index in [4.69, 9.17) is 0 Å². The average molecular weight is 315 g/mol. The number of thiazole rings is 1. The predicted octanol–water partition coefficient (Wildman–Crippen LogP) is 3.04. The summed E-state index contributed by atoms with van der Waals surface area (Å²) in [5, 5.41) is 16.2. The molecular formula is C14H13N5O2S. The number of anilines is 3. The van der Waals surface area contributed by atoms with Gasteiger partial charge in [0.05, 0.1) is 0 Å². The van der Waals surface area contributed by atoms with E-state index in [0.29, 0.717) is 4.96 Å². The Labute approximate surface area is 130 Å². The summed E-state index contributed by atoms with van der Waals surface area (Å²) in [5.41, 5.74) is 3.27. The van der Waals surface area contributed by atoms with Crippen molar-refractivity contribution in [3.63, 3.8) is 0 Å². The lowest BCUT2D eigenvalue weighted by atomic mass is 10.1. The van der Waals surface area contributed by atoms with Gasteiger partial charge in [-0.15, -0.1) is 0 Å². The van der Waals surface area contributed by atoms with E-state index < -0.39 is 4.92 Å². The summed E-state index contributed by atoms with van der Waals surface area (Å²) in [6, 6.07) is 6.01. The van der Waals surface area contributed by atoms with Gasteiger partial charge < -0.3 is 20.3 Å². The van der Waals surface area contributed by atoms with Gasteiger partial charge in [-0.05, 0) is 29.0 Å². The van der Waals surface area contributed by atoms with Crippen LogP contribution < -0.4 is 10.2 Å². The fourth-order valence-corrected chi connectivity index (χ4v) is 3.49. The maximum Gasteiger partial charge on any atom is 0.373 e. The van der Waals surface area contributed by atoms with Crippen LogP contribution in [0.3, 0.4) is 0 Å². The largest absolute Gasteiger partial charge is 0.374 e. The average Bonchev–Trinajstić information content (AvgIpc) is 3.14. The van der Waals surface area contributed by atoms with Gasteiger partial charge in [0, 0.05) is 30.3 Å². The standard InChI is InChI=1S/C14H13N5O2S/c1-17-5-4-9-2-3-10(8-11(9)17)15-12-13(19(20)21)18-6-7-22-14(18)16-12/h2-3,6-8,15H,4-5H2,1H3. The van der Waals surface area contributed by atoms with Gasteiger partial charge in [-0.2, -0.15) is 9.38 Å². The maximum atomic E-state index is 11.3. The molecule has 0 spiro atoms. The summed E-state index contributed by atoms with van der Waals surface area (Å²) < 4.78 is 1.49. The number of nitrogens with zero attached hydrogens (tertiary/aromatic N) is 4. The number of likely N-dealkylation sites (N-methyl/N-ethyl adjacent to an activating group) is 1. The second-order valence-corrected chi connectivity index (χ2v) is 6.11. The predicted molar refractivity (Wildman–Crippen MR) is 86.4 cm³/mol. The molecule has 0 saturated carbocycles. The number of aromatic nitrogens is 2. The zero-order chi connectivity index (χ0) is 15.3. The Bertz CT molecular complexity index is 885. The van der Waals surface area contributed by atoms with Gasteiger partial charge in [-0.1, -0.05) is 17.4 Å². The van der Waals surface area contributed by atoms with E-state index >= 15 is 0 Å². The molecular weight excluding hydrogens is 302 g/mol. The quantitative estimate of drug-likeness (QED) is 0.594. The summed E-state index contributed by atoms with van der Waals surface area (Å²) >= 11 is 1.37. The van der Waals surface area contributed by atoms with Gasteiger partial charge >= 0.3 is 5.82 Å². The number of nitro groups is 1. The third-order valence-electron chi connectivity index (χ3n) is 3.89. The summed E-state index contributed by atoms with van der Waals surface area (Å²) in [7, 11) is 2.05. The maximum absolute atomic E-state index is 11.3. The van der Waals surface area contributed by atoms with Crippen molar-refractivity contribution in [1.82, 2.24) is 9.38 Å². The monoisotopic (exact) mass is 315 g/mol. The highest BCUT2D eigenvalue weighted by Gasteiger charge is 2.24. The first-order valence-corrected chi connectivity index (χ1v) is 7.72. The zero-order valence-electron chi connectivity index (χ0n) is 11.8. The molecule has 0 aliphatic carbocycles. The van der Waals surface area contributed by atoms with Crippen LogP contribution >= 0.6 is 11.3 Å². The molecule has 1 aromatic carbocycles. The molecule has 0 bridgehead atoms. The highest BCUT2D eigenvalue weighted by Crippen LogP contribution is 2.34. The molecule has 7 nitrogen and oxygen atoms in total. The Kier molecular flexibility index (Phi) is 2.80. The lowest BCUT2D eigenvalue weighted by molar-refractivity contribution is -0.389. The normalized spacial score (nSPS) is 13.6. The number of hydrogen-bond acceptors (Lipinski definition) is 6. The van der Waals surface area contributed by atoms with Crippen LogP contribution in [0.4, 0.5) is 23.0 Å². The molecule has 4 rings (SSSR count). The second kappa shape index (κ2) is 4.70. The van der Waals surface area contributed by atoms with Crippen molar-refractivity contribution < 1.29 is 4.92 Å². The molecule has 112 valence electrons. The van der Waals surface area contributed by atoms with Gasteiger partial charge in [0.2, 0.25) is 5.82 Å². The van der Waals surface area contributed by atoms with Crippen LogP contribution in [0.5, 0.6) is 0 Å². The lowest BCUT2D eigenvalue weighted by Crippen LogP contribution is -2.12. The Hall–Kier alpha value is -2.61. The smallest absolute Gasteiger partial charge is 0.373 e. The molecule has 1 aliphatic heterocycles. The van der Waals surface area contributed by atoms with E-state index in [1.54, 1.807) is 11.6 Å². The second-order valence-electron chi connectivity index (χ2n) is 5.24. The van der Waals surface area contributed by atoms with Crippen LogP contribution in [0, 0.1) is 10.1 Å². The van der Waals surface area contributed by atoms with Crippen molar-refractivity contribution in [3.8, 4) is 0 Å². The summed E-state index contributed by atoms with van der Waals surface area (Å²) in [6.07, 6.45) is 2.69. The molecule has 1 N–H and O–H groups in total. The molecule has 0 fully saturated rings. The minimum Gasteiger partial charge on any atom is -0.374 e. The molecule has 0 saturated heterocycles. The number of imidazole rings is 1. The zero-order valence-corrected chi connectivity index (χ0v) is 12.6. The summed E-state index contributed by atoms with van der Waals surface area (Å²) in [6.45, 7) is 0.999. The first kappa shape index (κ1) is 13.1. The third-order valence-corrected chi connectivity index (χ3v) is 4.64. The van der Waals surface area contributed by atoms with Crippen LogP contribution in [0.2, 0.25) is 0 Å². The van der Waals surface area contributed by atoms with Crippen molar-refractivity contribution in [2.24, 2.45) is 0 Å². The van der Waals surface area contributed by atoms with Gasteiger partial charge in [0.15, 0.2) is 0 Å². The number of benzene rings is 1. The minimum absolute atomic E-state index is 0.0369. The van der Waals surface area contributed by atoms with Gasteiger partial charge in [0.25, 0.3) is 4.96 Å². The summed E-state index contributed by atoms with van der Waals surface area (Å²) in [5.74, 6) is 0.238. The van der Waals surface area contributed by atoms with Crippen molar-refractivity contribution in [2.75, 3.05) is 23.8 Å². The van der Waals surface area contributed by atoms with E-state index in [1.807, 2.05) is 19.2 Å².